The van der Waals surface area contributed by atoms with Crippen molar-refractivity contribution in [3.05, 3.63) is 0 Å². The van der Waals surface area contributed by atoms with Crippen molar-refractivity contribution in [1.29, 1.82) is 0 Å². The van der Waals surface area contributed by atoms with Crippen LogP contribution in [0.2, 0.25) is 0 Å². The Bertz CT molecular complexity index is 167. The second-order valence-electron chi connectivity index (χ2n) is 4.11. The van der Waals surface area contributed by atoms with Crippen LogP contribution < -0.4 is 5.73 Å². The van der Waals surface area contributed by atoms with E-state index in [4.69, 9.17) is 5.73 Å². The van der Waals surface area contributed by atoms with Crippen LogP contribution in [-0.2, 0) is 4.79 Å². The van der Waals surface area contributed by atoms with Gasteiger partial charge in [0.05, 0.1) is 5.60 Å². The number of rotatable bonds is 2. The van der Waals surface area contributed by atoms with E-state index >= 15 is 0 Å². The molecule has 3 nitrogen and oxygen atoms in total. The van der Waals surface area contributed by atoms with Crippen LogP contribution in [0.1, 0.15) is 39.0 Å². The van der Waals surface area contributed by atoms with Crippen molar-refractivity contribution in [2.75, 3.05) is 0 Å². The minimum atomic E-state index is -0.506. The predicted octanol–water partition coefficient (Wildman–Crippen LogP) is 0.803. The summed E-state index contributed by atoms with van der Waals surface area (Å²) in [7, 11) is 0. The van der Waals surface area contributed by atoms with Gasteiger partial charge in [0.25, 0.3) is 0 Å². The number of carbonyl (C=O) groups excluding carboxylic acids is 1. The summed E-state index contributed by atoms with van der Waals surface area (Å²) < 4.78 is 0. The maximum atomic E-state index is 10.6. The topological polar surface area (TPSA) is 63.3 Å². The summed E-state index contributed by atoms with van der Waals surface area (Å²) >= 11 is 0. The summed E-state index contributed by atoms with van der Waals surface area (Å²) in [6, 6.07) is 0. The maximum absolute atomic E-state index is 10.6. The minimum absolute atomic E-state index is 0.221. The first-order valence-electron chi connectivity index (χ1n) is 4.50. The van der Waals surface area contributed by atoms with Crippen LogP contribution in [0.5, 0.6) is 0 Å². The molecule has 0 aromatic carbocycles. The summed E-state index contributed by atoms with van der Waals surface area (Å²) in [5, 5.41) is 9.61. The Kier molecular flexibility index (Phi) is 2.73. The predicted molar refractivity (Wildman–Crippen MR) is 46.4 cm³/mol. The van der Waals surface area contributed by atoms with Gasteiger partial charge < -0.3 is 10.8 Å². The van der Waals surface area contributed by atoms with Crippen molar-refractivity contribution >= 4 is 5.91 Å². The van der Waals surface area contributed by atoms with Gasteiger partial charge in [-0.05, 0) is 38.5 Å². The molecule has 1 rings (SSSR count). The normalized spacial score (nSPS) is 36.3. The van der Waals surface area contributed by atoms with E-state index in [0.29, 0.717) is 12.3 Å². The summed E-state index contributed by atoms with van der Waals surface area (Å²) in [6.07, 6.45) is 3.93. The van der Waals surface area contributed by atoms with Gasteiger partial charge in [0.1, 0.15) is 0 Å². The van der Waals surface area contributed by atoms with Gasteiger partial charge in [0.15, 0.2) is 0 Å². The molecule has 1 aliphatic carbocycles. The maximum Gasteiger partial charge on any atom is 0.217 e. The molecule has 3 N–H and O–H groups in total. The molecule has 0 radical (unpaired) electrons. The van der Waals surface area contributed by atoms with Gasteiger partial charge in [0, 0.05) is 6.42 Å². The minimum Gasteiger partial charge on any atom is -0.390 e. The van der Waals surface area contributed by atoms with E-state index in [1.807, 2.05) is 6.92 Å². The van der Waals surface area contributed by atoms with Crippen molar-refractivity contribution in [3.63, 3.8) is 0 Å². The molecule has 0 unspecified atom stereocenters. The Balaban J connectivity index is 2.31. The molecule has 70 valence electrons. The van der Waals surface area contributed by atoms with Gasteiger partial charge in [-0.3, -0.25) is 4.79 Å². The third-order valence-corrected chi connectivity index (χ3v) is 2.67. The molecule has 0 aromatic rings. The van der Waals surface area contributed by atoms with E-state index < -0.39 is 5.60 Å². The van der Waals surface area contributed by atoms with Crippen LogP contribution in [0, 0.1) is 5.92 Å². The number of amides is 1. The molecular formula is C9H17NO2. The Labute approximate surface area is 72.9 Å². The van der Waals surface area contributed by atoms with Crippen molar-refractivity contribution in [2.45, 2.75) is 44.6 Å². The molecule has 0 heterocycles. The Hall–Kier alpha value is -0.570. The molecule has 0 saturated heterocycles. The lowest BCUT2D eigenvalue weighted by Crippen LogP contribution is -2.31. The molecule has 0 atom stereocenters. The van der Waals surface area contributed by atoms with Crippen molar-refractivity contribution in [2.24, 2.45) is 11.7 Å². The highest BCUT2D eigenvalue weighted by Gasteiger charge is 2.28. The van der Waals surface area contributed by atoms with E-state index in [1.54, 1.807) is 0 Å². The van der Waals surface area contributed by atoms with E-state index in [-0.39, 0.29) is 5.91 Å². The van der Waals surface area contributed by atoms with Crippen molar-refractivity contribution in [3.8, 4) is 0 Å². The fourth-order valence-electron chi connectivity index (χ4n) is 1.79. The standard InChI is InChI=1S/C9H17NO2/c1-9(12)4-2-7(3-5-9)6-8(10)11/h7,12H,2-6H2,1H3,(H2,10,11)/t7-,9-. The van der Waals surface area contributed by atoms with Crippen LogP contribution in [0.4, 0.5) is 0 Å². The van der Waals surface area contributed by atoms with Crippen LogP contribution in [0.15, 0.2) is 0 Å². The first kappa shape index (κ1) is 9.52. The monoisotopic (exact) mass is 171 g/mol. The number of carbonyl (C=O) groups is 1. The number of primary amides is 1. The first-order chi connectivity index (χ1) is 5.49. The van der Waals surface area contributed by atoms with E-state index in [0.717, 1.165) is 25.7 Å². The number of nitrogens with two attached hydrogens (primary N) is 1. The van der Waals surface area contributed by atoms with Crippen molar-refractivity contribution < 1.29 is 9.90 Å². The van der Waals surface area contributed by atoms with Gasteiger partial charge in [-0.25, -0.2) is 0 Å². The highest BCUT2D eigenvalue weighted by atomic mass is 16.3. The number of hydrogen-bond donors (Lipinski definition) is 2. The molecule has 0 aliphatic heterocycles. The SMILES string of the molecule is C[C@]1(O)CC[C@H](CC(N)=O)CC1. The highest BCUT2D eigenvalue weighted by Crippen LogP contribution is 2.32. The molecule has 3 heteroatoms. The fraction of sp³-hybridized carbons (Fsp3) is 0.889. The zero-order valence-corrected chi connectivity index (χ0v) is 7.55. The lowest BCUT2D eigenvalue weighted by Gasteiger charge is -2.32. The van der Waals surface area contributed by atoms with Crippen LogP contribution >= 0.6 is 0 Å². The summed E-state index contributed by atoms with van der Waals surface area (Å²) in [5.74, 6) is 0.185. The molecule has 0 spiro atoms. The largest absolute Gasteiger partial charge is 0.390 e. The zero-order valence-electron chi connectivity index (χ0n) is 7.55. The van der Waals surface area contributed by atoms with Gasteiger partial charge in [-0.15, -0.1) is 0 Å². The molecule has 0 bridgehead atoms. The fourth-order valence-corrected chi connectivity index (χ4v) is 1.79. The Morgan fingerprint density at radius 1 is 1.58 bits per heavy atom. The number of aliphatic hydroxyl groups is 1. The van der Waals surface area contributed by atoms with E-state index in [2.05, 4.69) is 0 Å². The summed E-state index contributed by atoms with van der Waals surface area (Å²) in [4.78, 5) is 10.6. The average Bonchev–Trinajstić information content (AvgIpc) is 1.93. The number of hydrogen-bond acceptors (Lipinski definition) is 2. The van der Waals surface area contributed by atoms with Gasteiger partial charge in [-0.2, -0.15) is 0 Å². The van der Waals surface area contributed by atoms with Gasteiger partial charge in [-0.1, -0.05) is 0 Å². The molecular weight excluding hydrogens is 154 g/mol. The lowest BCUT2D eigenvalue weighted by atomic mass is 9.78. The third-order valence-electron chi connectivity index (χ3n) is 2.67. The van der Waals surface area contributed by atoms with Crippen LogP contribution in [-0.4, -0.2) is 16.6 Å². The van der Waals surface area contributed by atoms with Crippen LogP contribution in [0.25, 0.3) is 0 Å². The summed E-state index contributed by atoms with van der Waals surface area (Å²) in [5.41, 5.74) is 4.58. The molecule has 1 fully saturated rings. The second-order valence-corrected chi connectivity index (χ2v) is 4.11. The average molecular weight is 171 g/mol. The van der Waals surface area contributed by atoms with Crippen LogP contribution in [0.3, 0.4) is 0 Å². The van der Waals surface area contributed by atoms with Crippen molar-refractivity contribution in [1.82, 2.24) is 0 Å². The molecule has 1 amide bonds. The smallest absolute Gasteiger partial charge is 0.217 e. The Morgan fingerprint density at radius 2 is 2.08 bits per heavy atom. The quantitative estimate of drug-likeness (QED) is 0.645. The molecule has 1 saturated carbocycles. The first-order valence-corrected chi connectivity index (χ1v) is 4.50. The zero-order chi connectivity index (χ0) is 9.19. The summed E-state index contributed by atoms with van der Waals surface area (Å²) in [6.45, 7) is 1.85. The lowest BCUT2D eigenvalue weighted by molar-refractivity contribution is -0.119. The molecule has 1 aliphatic rings. The Morgan fingerprint density at radius 3 is 2.50 bits per heavy atom. The van der Waals surface area contributed by atoms with E-state index in [9.17, 15) is 9.90 Å². The second kappa shape index (κ2) is 3.44. The molecule has 0 aromatic heterocycles. The highest BCUT2D eigenvalue weighted by molar-refractivity contribution is 5.73. The molecule has 12 heavy (non-hydrogen) atoms. The van der Waals surface area contributed by atoms with E-state index in [1.165, 1.54) is 0 Å². The van der Waals surface area contributed by atoms with Gasteiger partial charge >= 0.3 is 0 Å². The van der Waals surface area contributed by atoms with Gasteiger partial charge in [0.2, 0.25) is 5.91 Å². The third kappa shape index (κ3) is 2.81.